The summed E-state index contributed by atoms with van der Waals surface area (Å²) in [6, 6.07) is 14.2. The first kappa shape index (κ1) is 17.7. The summed E-state index contributed by atoms with van der Waals surface area (Å²) in [5.74, 6) is 1.05. The number of benzene rings is 1. The van der Waals surface area contributed by atoms with Crippen LogP contribution in [0.15, 0.2) is 48.7 Å². The van der Waals surface area contributed by atoms with Crippen molar-refractivity contribution >= 4 is 11.6 Å². The Morgan fingerprint density at radius 3 is 2.81 bits per heavy atom. The lowest BCUT2D eigenvalue weighted by Crippen LogP contribution is -2.50. The fraction of sp³-hybridized carbons (Fsp3) is 0.381. The average Bonchev–Trinajstić information content (AvgIpc) is 3.13. The molecule has 0 unspecified atom stereocenters. The maximum atomic E-state index is 12.8. The molecule has 4 rings (SSSR count). The summed E-state index contributed by atoms with van der Waals surface area (Å²) in [6.07, 6.45) is 4.39. The molecule has 0 aliphatic carbocycles. The van der Waals surface area contributed by atoms with Crippen LogP contribution in [0.3, 0.4) is 0 Å². The Morgan fingerprint density at radius 1 is 1.15 bits per heavy atom. The van der Waals surface area contributed by atoms with E-state index in [2.05, 4.69) is 51.6 Å². The zero-order valence-electron chi connectivity index (χ0n) is 15.6. The molecule has 140 valence electrons. The average molecular weight is 363 g/mol. The van der Waals surface area contributed by atoms with E-state index in [1.54, 1.807) is 0 Å². The van der Waals surface area contributed by atoms with Crippen LogP contribution < -0.4 is 5.32 Å². The summed E-state index contributed by atoms with van der Waals surface area (Å²) in [5.41, 5.74) is 3.48. The van der Waals surface area contributed by atoms with Gasteiger partial charge in [0.05, 0.1) is 6.04 Å². The van der Waals surface area contributed by atoms with Gasteiger partial charge in [0.25, 0.3) is 0 Å². The Kier molecular flexibility index (Phi) is 5.16. The maximum absolute atomic E-state index is 12.8. The van der Waals surface area contributed by atoms with Crippen LogP contribution in [-0.2, 0) is 24.2 Å². The monoisotopic (exact) mass is 363 g/mol. The van der Waals surface area contributed by atoms with Crippen molar-refractivity contribution in [3.8, 4) is 0 Å². The molecule has 1 atom stereocenters. The summed E-state index contributed by atoms with van der Waals surface area (Å²) in [4.78, 5) is 15.0. The third kappa shape index (κ3) is 3.71. The number of rotatable bonds is 6. The Labute approximate surface area is 159 Å². The molecule has 27 heavy (non-hydrogen) atoms. The van der Waals surface area contributed by atoms with E-state index in [-0.39, 0.29) is 11.9 Å². The third-order valence-corrected chi connectivity index (χ3v) is 5.32. The second-order valence-electron chi connectivity index (χ2n) is 6.99. The van der Waals surface area contributed by atoms with Gasteiger partial charge in [-0.15, -0.1) is 10.2 Å². The van der Waals surface area contributed by atoms with E-state index in [4.69, 9.17) is 0 Å². The van der Waals surface area contributed by atoms with Gasteiger partial charge in [-0.1, -0.05) is 37.3 Å². The van der Waals surface area contributed by atoms with Crippen molar-refractivity contribution < 1.29 is 4.79 Å². The van der Waals surface area contributed by atoms with Crippen molar-refractivity contribution in [2.75, 3.05) is 13.1 Å². The quantitative estimate of drug-likeness (QED) is 0.682. The molecule has 0 spiro atoms. The lowest BCUT2D eigenvalue weighted by atomic mass is 9.93. The number of aryl methyl sites for hydroxylation is 1. The molecule has 6 nitrogen and oxygen atoms in total. The van der Waals surface area contributed by atoms with Crippen LogP contribution in [0.4, 0.5) is 0 Å². The number of pyridine rings is 1. The Balaban J connectivity index is 1.32. The van der Waals surface area contributed by atoms with Crippen LogP contribution in [0.25, 0.3) is 5.65 Å². The highest BCUT2D eigenvalue weighted by Crippen LogP contribution is 2.23. The first-order chi connectivity index (χ1) is 13.3. The van der Waals surface area contributed by atoms with Gasteiger partial charge in [-0.05, 0) is 42.6 Å². The molecular weight excluding hydrogens is 338 g/mol. The van der Waals surface area contributed by atoms with E-state index >= 15 is 0 Å². The van der Waals surface area contributed by atoms with Crippen LogP contribution in [0.2, 0.25) is 0 Å². The number of likely N-dealkylation sites (N-methyl/N-ethyl adjacent to an activating group) is 1. The van der Waals surface area contributed by atoms with Gasteiger partial charge in [-0.2, -0.15) is 0 Å². The first-order valence-electron chi connectivity index (χ1n) is 9.63. The van der Waals surface area contributed by atoms with Gasteiger partial charge >= 0.3 is 0 Å². The molecule has 0 saturated carbocycles. The molecule has 0 radical (unpaired) electrons. The van der Waals surface area contributed by atoms with E-state index < -0.39 is 0 Å². The minimum Gasteiger partial charge on any atom is -0.355 e. The predicted octanol–water partition coefficient (Wildman–Crippen LogP) is 2.22. The second-order valence-corrected chi connectivity index (χ2v) is 6.99. The predicted molar refractivity (Wildman–Crippen MR) is 104 cm³/mol. The Bertz CT molecular complexity index is 935. The van der Waals surface area contributed by atoms with Gasteiger partial charge in [0, 0.05) is 25.7 Å². The van der Waals surface area contributed by atoms with Gasteiger partial charge in [0.1, 0.15) is 5.82 Å². The summed E-state index contributed by atoms with van der Waals surface area (Å²) in [7, 11) is 0. The van der Waals surface area contributed by atoms with E-state index in [1.165, 1.54) is 11.1 Å². The largest absolute Gasteiger partial charge is 0.355 e. The molecule has 1 aromatic carbocycles. The van der Waals surface area contributed by atoms with Crippen molar-refractivity contribution in [2.45, 2.75) is 38.8 Å². The van der Waals surface area contributed by atoms with E-state index in [0.29, 0.717) is 6.54 Å². The standard InChI is InChI=1S/C21H25N5O/c1-2-25-15-17-9-4-3-8-16(17)14-18(25)21(27)22-12-7-11-20-24-23-19-10-5-6-13-26(19)20/h3-6,8-10,13,18H,2,7,11-12,14-15H2,1H3,(H,22,27)/t18-/m1/s1. The van der Waals surface area contributed by atoms with Crippen molar-refractivity contribution in [1.29, 1.82) is 0 Å². The van der Waals surface area contributed by atoms with Crippen molar-refractivity contribution in [3.05, 3.63) is 65.6 Å². The fourth-order valence-electron chi connectivity index (χ4n) is 3.81. The summed E-state index contributed by atoms with van der Waals surface area (Å²) in [5, 5.41) is 11.5. The highest BCUT2D eigenvalue weighted by Gasteiger charge is 2.30. The van der Waals surface area contributed by atoms with Crippen LogP contribution in [0.5, 0.6) is 0 Å². The molecule has 0 saturated heterocycles. The van der Waals surface area contributed by atoms with Crippen molar-refractivity contribution in [1.82, 2.24) is 24.8 Å². The minimum absolute atomic E-state index is 0.0844. The van der Waals surface area contributed by atoms with Gasteiger partial charge in [0.2, 0.25) is 5.91 Å². The summed E-state index contributed by atoms with van der Waals surface area (Å²) >= 11 is 0. The number of hydrogen-bond donors (Lipinski definition) is 1. The lowest BCUT2D eigenvalue weighted by molar-refractivity contribution is -0.127. The zero-order valence-corrected chi connectivity index (χ0v) is 15.6. The lowest BCUT2D eigenvalue weighted by Gasteiger charge is -2.35. The number of carbonyl (C=O) groups excluding carboxylic acids is 1. The molecular formula is C21H25N5O. The molecule has 0 fully saturated rings. The highest BCUT2D eigenvalue weighted by molar-refractivity contribution is 5.82. The molecule has 0 bridgehead atoms. The zero-order chi connectivity index (χ0) is 18.6. The maximum Gasteiger partial charge on any atom is 0.237 e. The first-order valence-corrected chi connectivity index (χ1v) is 9.63. The van der Waals surface area contributed by atoms with Crippen LogP contribution >= 0.6 is 0 Å². The third-order valence-electron chi connectivity index (χ3n) is 5.32. The number of hydrogen-bond acceptors (Lipinski definition) is 4. The Hall–Kier alpha value is -2.73. The second kappa shape index (κ2) is 7.88. The number of nitrogens with zero attached hydrogens (tertiary/aromatic N) is 4. The van der Waals surface area contributed by atoms with Crippen LogP contribution in [-0.4, -0.2) is 44.5 Å². The molecule has 1 N–H and O–H groups in total. The molecule has 3 heterocycles. The Morgan fingerprint density at radius 2 is 1.96 bits per heavy atom. The molecule has 6 heteroatoms. The number of aromatic nitrogens is 3. The van der Waals surface area contributed by atoms with E-state index in [1.807, 2.05) is 28.8 Å². The number of amides is 1. The van der Waals surface area contributed by atoms with E-state index in [9.17, 15) is 4.79 Å². The molecule has 3 aromatic rings. The van der Waals surface area contributed by atoms with Crippen LogP contribution in [0, 0.1) is 0 Å². The van der Waals surface area contributed by atoms with Crippen LogP contribution in [0.1, 0.15) is 30.3 Å². The number of carbonyl (C=O) groups is 1. The SMILES string of the molecule is CCN1Cc2ccccc2C[C@@H]1C(=O)NCCCc1nnc2ccccn12. The topological polar surface area (TPSA) is 62.5 Å². The normalized spacial score (nSPS) is 17.0. The fourth-order valence-corrected chi connectivity index (χ4v) is 3.81. The van der Waals surface area contributed by atoms with Crippen molar-refractivity contribution in [2.24, 2.45) is 0 Å². The molecule has 2 aromatic heterocycles. The minimum atomic E-state index is -0.0844. The van der Waals surface area contributed by atoms with E-state index in [0.717, 1.165) is 43.8 Å². The molecule has 1 amide bonds. The molecule has 1 aliphatic rings. The van der Waals surface area contributed by atoms with Crippen molar-refractivity contribution in [3.63, 3.8) is 0 Å². The smallest absolute Gasteiger partial charge is 0.237 e. The summed E-state index contributed by atoms with van der Waals surface area (Å²) < 4.78 is 2.00. The van der Waals surface area contributed by atoms with Gasteiger partial charge in [-0.3, -0.25) is 14.1 Å². The number of fused-ring (bicyclic) bond motifs is 2. The highest BCUT2D eigenvalue weighted by atomic mass is 16.2. The van der Waals surface area contributed by atoms with Gasteiger partial charge in [-0.25, -0.2) is 0 Å². The van der Waals surface area contributed by atoms with Gasteiger partial charge in [0.15, 0.2) is 5.65 Å². The van der Waals surface area contributed by atoms with Gasteiger partial charge < -0.3 is 5.32 Å². The summed E-state index contributed by atoms with van der Waals surface area (Å²) in [6.45, 7) is 4.48. The number of nitrogens with one attached hydrogen (secondary N) is 1. The molecule has 1 aliphatic heterocycles.